The van der Waals surface area contributed by atoms with E-state index in [2.05, 4.69) is 113 Å². The van der Waals surface area contributed by atoms with Crippen LogP contribution in [0.1, 0.15) is 152 Å². The minimum Gasteiger partial charge on any atom is -0.493 e. The minimum absolute atomic E-state index is 0.0505. The number of aliphatic hydroxyl groups is 2. The molecule has 16 nitrogen and oxygen atoms in total. The number of aromatic nitrogens is 2. The van der Waals surface area contributed by atoms with Crippen molar-refractivity contribution in [1.29, 1.82) is 0 Å². The molecule has 10 atom stereocenters. The van der Waals surface area contributed by atoms with E-state index < -0.39 is 24.0 Å². The number of esters is 1. The number of amides is 1. The molecule has 3 aromatic carbocycles. The Bertz CT molecular complexity index is 3080. The Labute approximate surface area is 549 Å². The number of carbonyl (C=O) groups excluding carboxylic acids is 2. The number of piperidine rings is 2. The first kappa shape index (κ1) is 72.4. The summed E-state index contributed by atoms with van der Waals surface area (Å²) in [6, 6.07) is 21.8. The second kappa shape index (κ2) is 34.2. The fourth-order valence-electron chi connectivity index (χ4n) is 13.0. The third-order valence-electron chi connectivity index (χ3n) is 17.5. The number of ether oxygens (including phenoxy) is 5. The lowest BCUT2D eigenvalue weighted by molar-refractivity contribution is -0.150. The maximum atomic E-state index is 13.4. The van der Waals surface area contributed by atoms with Gasteiger partial charge in [0, 0.05) is 78.5 Å². The van der Waals surface area contributed by atoms with Gasteiger partial charge < -0.3 is 44.1 Å². The van der Waals surface area contributed by atoms with Gasteiger partial charge in [-0.3, -0.25) is 33.0 Å². The number of fused-ring (bicyclic) bond motifs is 5. The molecular weight excluding hydrogens is 1290 g/mol. The van der Waals surface area contributed by atoms with E-state index in [0.29, 0.717) is 73.7 Å². The molecule has 4 fully saturated rings. The second-order valence-electron chi connectivity index (χ2n) is 25.7. The van der Waals surface area contributed by atoms with Crippen LogP contribution in [0.2, 0.25) is 5.02 Å². The molecule has 7 heterocycles. The van der Waals surface area contributed by atoms with Crippen LogP contribution in [0.5, 0.6) is 11.5 Å². The highest BCUT2D eigenvalue weighted by Crippen LogP contribution is 2.48. The van der Waals surface area contributed by atoms with Gasteiger partial charge in [0.15, 0.2) is 10.8 Å². The Morgan fingerprint density at radius 2 is 1.66 bits per heavy atom. The van der Waals surface area contributed by atoms with Crippen LogP contribution < -0.4 is 20.3 Å². The summed E-state index contributed by atoms with van der Waals surface area (Å²) in [4.78, 5) is 42.6. The van der Waals surface area contributed by atoms with Crippen LogP contribution >= 0.6 is 34.2 Å². The zero-order chi connectivity index (χ0) is 65.4. The number of rotatable bonds is 20. The first-order chi connectivity index (χ1) is 43.0. The van der Waals surface area contributed by atoms with Crippen molar-refractivity contribution in [2.45, 2.75) is 187 Å². The van der Waals surface area contributed by atoms with Crippen molar-refractivity contribution in [2.75, 3.05) is 59.9 Å². The first-order valence-electron chi connectivity index (χ1n) is 31.8. The smallest absolute Gasteiger partial charge is 0.310 e. The van der Waals surface area contributed by atoms with E-state index in [4.69, 9.17) is 40.4 Å². The fourth-order valence-corrected chi connectivity index (χ4v) is 13.6. The van der Waals surface area contributed by atoms with Crippen LogP contribution in [-0.2, 0) is 49.0 Å². The lowest BCUT2D eigenvalue weighted by Crippen LogP contribution is -2.51. The monoisotopic (exact) mass is 1380 g/mol. The van der Waals surface area contributed by atoms with Crippen molar-refractivity contribution in [3.63, 3.8) is 0 Å². The molecule has 2 bridgehead atoms. The van der Waals surface area contributed by atoms with Crippen LogP contribution in [-0.4, -0.2) is 143 Å². The van der Waals surface area contributed by atoms with Crippen LogP contribution in [0.15, 0.2) is 95.8 Å². The van der Waals surface area contributed by atoms with E-state index in [0.717, 1.165) is 93.6 Å². The van der Waals surface area contributed by atoms with Gasteiger partial charge in [-0.05, 0) is 172 Å². The van der Waals surface area contributed by atoms with Crippen LogP contribution in [0.4, 0.5) is 13.2 Å². The molecule has 0 aliphatic carbocycles. The van der Waals surface area contributed by atoms with Crippen molar-refractivity contribution in [1.82, 2.24) is 29.8 Å². The average Bonchev–Trinajstić information content (AvgIpc) is 1.40. The molecule has 1 aromatic heterocycles. The van der Waals surface area contributed by atoms with Gasteiger partial charge in [0.05, 0.1) is 64.0 Å². The first-order valence-corrected chi connectivity index (χ1v) is 33.3. The number of halogens is 5. The van der Waals surface area contributed by atoms with Crippen LogP contribution in [0.25, 0.3) is 0 Å². The molecule has 6 aliphatic rings. The van der Waals surface area contributed by atoms with Crippen molar-refractivity contribution in [3.05, 3.63) is 143 Å². The summed E-state index contributed by atoms with van der Waals surface area (Å²) >= 11 is 8.45. The molecule has 21 heteroatoms. The van der Waals surface area contributed by atoms with E-state index in [1.54, 1.807) is 18.0 Å². The number of methoxy groups -OCH3 is 1. The molecule has 5 unspecified atom stereocenters. The van der Waals surface area contributed by atoms with Gasteiger partial charge in [-0.2, -0.15) is 5.10 Å². The normalized spacial score (nSPS) is 24.7. The maximum absolute atomic E-state index is 13.4. The van der Waals surface area contributed by atoms with Gasteiger partial charge >= 0.3 is 5.97 Å². The van der Waals surface area contributed by atoms with Gasteiger partial charge in [-0.1, -0.05) is 81.4 Å². The SMILES string of the molecule is C=C1NC(=O)C(C)=CN1[C@H]1CC([18F])[C@@H](CO)O1.CCCOCc1ccc(COc2cnn(C(C)(C)C)c(=O)c2Cl)cc1.COC(=O)C1C(c2ccc(I)cc2)CC2CCC1N2CCC[18F].Cc1cc2c(cc1OCCC[18F])CCN1C[C@@H](CC(C)C)[C@H](O)C[C@H]21. The zero-order valence-electron chi connectivity index (χ0n) is 53.9. The van der Waals surface area contributed by atoms with E-state index >= 15 is 0 Å². The fraction of sp³-hybridized carbons (Fsp3) is 0.594. The van der Waals surface area contributed by atoms with Crippen LogP contribution in [0, 0.1) is 28.2 Å². The molecule has 3 N–H and O–H groups in total. The van der Waals surface area contributed by atoms with E-state index in [1.807, 2.05) is 45.0 Å². The Morgan fingerprint density at radius 1 is 0.956 bits per heavy atom. The van der Waals surface area contributed by atoms with Crippen molar-refractivity contribution < 1.29 is 56.7 Å². The number of hydrogen-bond acceptors (Lipinski definition) is 14. The number of nitrogens with one attached hydrogen (secondary N) is 1. The number of aryl methyl sites for hydroxylation is 1. The van der Waals surface area contributed by atoms with Gasteiger partial charge in [0.1, 0.15) is 36.7 Å². The Morgan fingerprint density at radius 3 is 2.29 bits per heavy atom. The molecule has 10 rings (SSSR count). The number of aliphatic hydroxyl groups excluding tert-OH is 2. The topological polar surface area (TPSA) is 177 Å². The summed E-state index contributed by atoms with van der Waals surface area (Å²) in [6.45, 7) is 23.6. The zero-order valence-corrected chi connectivity index (χ0v) is 56.8. The molecule has 0 spiro atoms. The number of benzene rings is 3. The number of carbonyl (C=O) groups is 2. The van der Waals surface area contributed by atoms with E-state index in [9.17, 15) is 32.7 Å². The summed E-state index contributed by atoms with van der Waals surface area (Å²) < 4.78 is 68.3. The molecule has 6 aliphatic heterocycles. The summed E-state index contributed by atoms with van der Waals surface area (Å²) in [7, 11) is 1.47. The number of nitrogens with zero attached hydrogens (tertiary/aromatic N) is 5. The highest BCUT2D eigenvalue weighted by Gasteiger charge is 2.51. The Hall–Kier alpha value is -5.07. The van der Waals surface area contributed by atoms with Crippen molar-refractivity contribution in [3.8, 4) is 11.5 Å². The van der Waals surface area contributed by atoms with Crippen LogP contribution in [0.3, 0.4) is 0 Å². The molecule has 4 saturated heterocycles. The molecule has 0 radical (unpaired) electrons. The summed E-state index contributed by atoms with van der Waals surface area (Å²) in [5, 5.41) is 26.4. The molecule has 4 aromatic rings. The third kappa shape index (κ3) is 19.1. The Kier molecular flexibility index (Phi) is 27.5. The van der Waals surface area contributed by atoms with Crippen molar-refractivity contribution in [2.24, 2.45) is 17.8 Å². The van der Waals surface area contributed by atoms with Gasteiger partial charge in [-0.25, -0.2) is 9.07 Å². The predicted octanol–water partition coefficient (Wildman–Crippen LogP) is 12.2. The van der Waals surface area contributed by atoms with Gasteiger partial charge in [-0.15, -0.1) is 0 Å². The lowest BCUT2D eigenvalue weighted by Gasteiger charge is -2.46. The standard InChI is InChI=1S/C21H32FNO2.C19H25ClN2O3.C18H23FINO2.C11H15FN2O3/c1-14(2)9-17-13-23-7-5-16-11-21(25-8-4-6-22)15(3)10-18(16)19(23)12-20(17)24;1-5-10-24-12-14-6-8-15(9-7-14)13-25-16-11-21-22(19(2,3)4)18(23)17(16)20;1-23-18(22)17-15(12-3-5-13(20)6-4-12)11-14-7-8-16(17)21(14)10-2-9-19;1-6-4-14(7(2)13-11(6)16)10-3-8(12)9(5-15)17-10/h10-11,14,17,19-20,24H,4-9,12-13H2,1-3H3;6-9,11H,5,10,12-13H2,1-4H3;3-6,14-17H,2,7-11H2,1H3;4,8-10,15H,2-3,5H2,1H3,(H,13,16)/t17-,19-,20-;;;8?,9-,10-/m1..1/s1/i22-1;;19-1;12-1. The van der Waals surface area contributed by atoms with Gasteiger partial charge in [0.25, 0.3) is 11.5 Å². The largest absolute Gasteiger partial charge is 0.493 e. The second-order valence-corrected chi connectivity index (χ2v) is 27.4. The number of alkyl halides is 3. The van der Waals surface area contributed by atoms with Gasteiger partial charge in [0.2, 0.25) is 0 Å². The molecule has 90 heavy (non-hydrogen) atoms. The molecule has 496 valence electrons. The molecular formula is C69H95ClF3IN6O10. The minimum atomic E-state index is -1.20. The Balaban J connectivity index is 0.000000172. The predicted molar refractivity (Wildman–Crippen MR) is 352 cm³/mol. The highest BCUT2D eigenvalue weighted by molar-refractivity contribution is 14.1. The van der Waals surface area contributed by atoms with Crippen molar-refractivity contribution >= 4 is 46.1 Å². The highest BCUT2D eigenvalue weighted by atomic mass is 127. The quantitative estimate of drug-likeness (QED) is 0.0432. The van der Waals surface area contributed by atoms with E-state index in [1.165, 1.54) is 38.2 Å². The summed E-state index contributed by atoms with van der Waals surface area (Å²) in [5.41, 5.74) is 6.83. The maximum Gasteiger partial charge on any atom is 0.310 e. The summed E-state index contributed by atoms with van der Waals surface area (Å²) in [5.74, 6) is 2.27. The molecule has 1 amide bonds. The molecule has 0 saturated carbocycles. The summed E-state index contributed by atoms with van der Waals surface area (Å²) in [6.07, 6.45) is 8.47. The number of hydrogen-bond donors (Lipinski definition) is 3. The van der Waals surface area contributed by atoms with E-state index in [-0.39, 0.29) is 72.8 Å². The third-order valence-corrected chi connectivity index (χ3v) is 18.6. The lowest BCUT2D eigenvalue weighted by atomic mass is 9.76. The average molecular weight is 1380 g/mol.